The van der Waals surface area contributed by atoms with E-state index in [1.165, 1.54) is 0 Å². The average Bonchev–Trinajstić information content (AvgIpc) is 2.96. The van der Waals surface area contributed by atoms with E-state index in [-0.39, 0.29) is 0 Å². The molecular formula is C16H16ClN3OS. The molecule has 0 spiro atoms. The predicted octanol–water partition coefficient (Wildman–Crippen LogP) is 3.71. The van der Waals surface area contributed by atoms with Crippen LogP contribution in [-0.4, -0.2) is 20.7 Å². The number of nitrogens with one attached hydrogen (secondary N) is 2. The first-order chi connectivity index (χ1) is 10.6. The van der Waals surface area contributed by atoms with Gasteiger partial charge in [0.1, 0.15) is 0 Å². The van der Waals surface area contributed by atoms with Gasteiger partial charge in [0.05, 0.1) is 11.7 Å². The summed E-state index contributed by atoms with van der Waals surface area (Å²) < 4.78 is 11.4. The number of hydrogen-bond donors (Lipinski definition) is 2. The second-order valence-electron chi connectivity index (χ2n) is 5.13. The highest BCUT2D eigenvalue weighted by Crippen LogP contribution is 2.23. The fourth-order valence-electron chi connectivity index (χ4n) is 2.39. The summed E-state index contributed by atoms with van der Waals surface area (Å²) in [6, 6.07) is 11.8. The molecule has 0 aliphatic heterocycles. The lowest BCUT2D eigenvalue weighted by molar-refractivity contribution is 0.686. The second kappa shape index (κ2) is 6.50. The number of aromatic nitrogens is 2. The fourth-order valence-corrected chi connectivity index (χ4v) is 3.33. The molecule has 22 heavy (non-hydrogen) atoms. The summed E-state index contributed by atoms with van der Waals surface area (Å²) in [5, 5.41) is 12.2. The maximum absolute atomic E-state index is 11.4. The summed E-state index contributed by atoms with van der Waals surface area (Å²) in [5.74, 6) is 0.463. The summed E-state index contributed by atoms with van der Waals surface area (Å²) in [6.07, 6.45) is 3.49. The van der Waals surface area contributed by atoms with Crippen molar-refractivity contribution in [3.63, 3.8) is 0 Å². The predicted molar refractivity (Wildman–Crippen MR) is 92.6 cm³/mol. The summed E-state index contributed by atoms with van der Waals surface area (Å²) in [6.45, 7) is 0.676. The van der Waals surface area contributed by atoms with E-state index in [0.717, 1.165) is 27.7 Å². The number of nitrogens with zero attached hydrogens (tertiary/aromatic N) is 1. The molecule has 0 amide bonds. The van der Waals surface area contributed by atoms with Gasteiger partial charge in [0.2, 0.25) is 0 Å². The van der Waals surface area contributed by atoms with Crippen molar-refractivity contribution in [2.75, 3.05) is 11.6 Å². The number of rotatable bonds is 5. The Balaban J connectivity index is 1.79. The number of hydrogen-bond acceptors (Lipinski definition) is 3. The Hall–Kier alpha value is -1.85. The molecule has 114 valence electrons. The van der Waals surface area contributed by atoms with Crippen LogP contribution in [0, 0.1) is 0 Å². The lowest BCUT2D eigenvalue weighted by Gasteiger charge is -2.10. The molecule has 0 aliphatic rings. The lowest BCUT2D eigenvalue weighted by Crippen LogP contribution is -2.01. The van der Waals surface area contributed by atoms with Crippen molar-refractivity contribution in [3.8, 4) is 0 Å². The first-order valence-electron chi connectivity index (χ1n) is 6.87. The first kappa shape index (κ1) is 15.1. The van der Waals surface area contributed by atoms with E-state index >= 15 is 0 Å². The average molecular weight is 334 g/mol. The molecule has 0 fully saturated rings. The van der Waals surface area contributed by atoms with Gasteiger partial charge >= 0.3 is 0 Å². The highest BCUT2D eigenvalue weighted by atomic mass is 35.5. The number of H-pyrrole nitrogens is 1. The van der Waals surface area contributed by atoms with E-state index in [9.17, 15) is 4.21 Å². The maximum atomic E-state index is 11.4. The number of halogens is 1. The van der Waals surface area contributed by atoms with Gasteiger partial charge in [-0.3, -0.25) is 9.31 Å². The zero-order chi connectivity index (χ0) is 15.5. The van der Waals surface area contributed by atoms with Crippen LogP contribution >= 0.6 is 11.6 Å². The third kappa shape index (κ3) is 3.31. The van der Waals surface area contributed by atoms with Gasteiger partial charge in [-0.25, -0.2) is 0 Å². The van der Waals surface area contributed by atoms with Crippen LogP contribution < -0.4 is 5.32 Å². The highest BCUT2D eigenvalue weighted by Gasteiger charge is 2.06. The van der Waals surface area contributed by atoms with Gasteiger partial charge in [0, 0.05) is 45.4 Å². The molecule has 0 bridgehead atoms. The lowest BCUT2D eigenvalue weighted by atomic mass is 10.1. The summed E-state index contributed by atoms with van der Waals surface area (Å²) in [4.78, 5) is 0. The molecule has 2 aromatic carbocycles. The molecule has 3 aromatic rings. The smallest absolute Gasteiger partial charge is 0.0700 e. The first-order valence-corrected chi connectivity index (χ1v) is 8.97. The van der Waals surface area contributed by atoms with Crippen LogP contribution in [0.4, 0.5) is 5.69 Å². The minimum Gasteiger partial charge on any atom is -0.381 e. The maximum Gasteiger partial charge on any atom is 0.0700 e. The minimum absolute atomic E-state index is 0.463. The molecule has 0 aliphatic carbocycles. The molecule has 0 radical (unpaired) electrons. The van der Waals surface area contributed by atoms with E-state index in [1.54, 1.807) is 6.26 Å². The molecule has 0 unspecified atom stereocenters. The molecule has 0 saturated carbocycles. The van der Waals surface area contributed by atoms with Gasteiger partial charge in [-0.2, -0.15) is 5.10 Å². The van der Waals surface area contributed by atoms with E-state index in [0.29, 0.717) is 17.3 Å². The van der Waals surface area contributed by atoms with Crippen LogP contribution in [0.3, 0.4) is 0 Å². The molecule has 2 N–H and O–H groups in total. The fraction of sp³-hybridized carbons (Fsp3) is 0.188. The Morgan fingerprint density at radius 1 is 1.27 bits per heavy atom. The summed E-state index contributed by atoms with van der Waals surface area (Å²) in [5.41, 5.74) is 4.04. The largest absolute Gasteiger partial charge is 0.381 e. The molecular weight excluding hydrogens is 318 g/mol. The Kier molecular flexibility index (Phi) is 4.45. The Morgan fingerprint density at radius 3 is 2.95 bits per heavy atom. The zero-order valence-corrected chi connectivity index (χ0v) is 13.7. The van der Waals surface area contributed by atoms with Gasteiger partial charge in [-0.15, -0.1) is 0 Å². The van der Waals surface area contributed by atoms with Crippen molar-refractivity contribution in [2.45, 2.75) is 12.3 Å². The van der Waals surface area contributed by atoms with Crippen molar-refractivity contribution >= 4 is 39.0 Å². The van der Waals surface area contributed by atoms with Crippen LogP contribution in [0.5, 0.6) is 0 Å². The summed E-state index contributed by atoms with van der Waals surface area (Å²) >= 11 is 6.15. The van der Waals surface area contributed by atoms with Crippen LogP contribution in [-0.2, 0) is 23.1 Å². The highest BCUT2D eigenvalue weighted by molar-refractivity contribution is 7.83. The van der Waals surface area contributed by atoms with Gasteiger partial charge in [-0.1, -0.05) is 29.8 Å². The number of para-hydroxylation sites is 1. The second-order valence-corrected chi connectivity index (χ2v) is 6.97. The van der Waals surface area contributed by atoms with Crippen molar-refractivity contribution in [2.24, 2.45) is 0 Å². The zero-order valence-electron chi connectivity index (χ0n) is 12.1. The van der Waals surface area contributed by atoms with Gasteiger partial charge in [0.25, 0.3) is 0 Å². The molecule has 1 atom stereocenters. The van der Waals surface area contributed by atoms with E-state index in [4.69, 9.17) is 11.6 Å². The van der Waals surface area contributed by atoms with Crippen molar-refractivity contribution in [1.29, 1.82) is 0 Å². The van der Waals surface area contributed by atoms with Crippen molar-refractivity contribution in [3.05, 3.63) is 58.7 Å². The van der Waals surface area contributed by atoms with Crippen molar-refractivity contribution < 1.29 is 4.21 Å². The van der Waals surface area contributed by atoms with Crippen LogP contribution in [0.25, 0.3) is 10.9 Å². The Bertz CT molecular complexity index is 831. The molecule has 6 heteroatoms. The normalized spacial score (nSPS) is 12.5. The topological polar surface area (TPSA) is 57.8 Å². The molecule has 0 saturated heterocycles. The minimum atomic E-state index is -0.914. The third-order valence-corrected chi connectivity index (χ3v) is 4.54. The third-order valence-electron chi connectivity index (χ3n) is 3.45. The molecule has 3 rings (SSSR count). The van der Waals surface area contributed by atoms with E-state index in [1.807, 2.05) is 36.5 Å². The van der Waals surface area contributed by atoms with E-state index < -0.39 is 10.8 Å². The van der Waals surface area contributed by atoms with Crippen molar-refractivity contribution in [1.82, 2.24) is 10.2 Å². The quantitative estimate of drug-likeness (QED) is 0.748. The number of aromatic amines is 1. The molecule has 4 nitrogen and oxygen atoms in total. The van der Waals surface area contributed by atoms with Crippen LogP contribution in [0.2, 0.25) is 5.02 Å². The SMILES string of the molecule is C[S@@](=O)Cc1cc(NCc2cccc3cn[nH]c23)ccc1Cl. The molecule has 1 aromatic heterocycles. The van der Waals surface area contributed by atoms with Crippen LogP contribution in [0.15, 0.2) is 42.6 Å². The van der Waals surface area contributed by atoms with E-state index in [2.05, 4.69) is 21.6 Å². The number of anilines is 1. The number of benzene rings is 2. The van der Waals surface area contributed by atoms with Gasteiger partial charge < -0.3 is 5.32 Å². The molecule has 1 heterocycles. The monoisotopic (exact) mass is 333 g/mol. The Labute approximate surface area is 136 Å². The standard InChI is InChI=1S/C16H16ClN3OS/c1-22(21)10-13-7-14(5-6-15(13)17)18-8-11-3-2-4-12-9-19-20-16(11)12/h2-7,9,18H,8,10H2,1H3,(H,19,20)/t22-/m1/s1. The van der Waals surface area contributed by atoms with Gasteiger partial charge in [-0.05, 0) is 29.3 Å². The van der Waals surface area contributed by atoms with Gasteiger partial charge in [0.15, 0.2) is 0 Å². The summed E-state index contributed by atoms with van der Waals surface area (Å²) in [7, 11) is -0.914. The Morgan fingerprint density at radius 2 is 2.14 bits per heavy atom. The number of fused-ring (bicyclic) bond motifs is 1. The van der Waals surface area contributed by atoms with Crippen LogP contribution in [0.1, 0.15) is 11.1 Å².